The van der Waals surface area contributed by atoms with Gasteiger partial charge in [0.2, 0.25) is 0 Å². The number of nitriles is 1. The second-order valence-electron chi connectivity index (χ2n) is 1.85. The summed E-state index contributed by atoms with van der Waals surface area (Å²) in [6.45, 7) is 1.90. The number of hydrogen-bond donors (Lipinski definition) is 1. The van der Waals surface area contributed by atoms with Crippen LogP contribution < -0.4 is 5.32 Å². The lowest BCUT2D eigenvalue weighted by atomic mass is 10.4. The molecule has 0 spiro atoms. The van der Waals surface area contributed by atoms with Gasteiger partial charge in [-0.25, -0.2) is 4.98 Å². The molecule has 0 aliphatic heterocycles. The van der Waals surface area contributed by atoms with Crippen molar-refractivity contribution in [2.75, 3.05) is 0 Å². The van der Waals surface area contributed by atoms with Gasteiger partial charge in [-0.15, -0.1) is 11.3 Å². The van der Waals surface area contributed by atoms with Gasteiger partial charge in [0.1, 0.15) is 5.01 Å². The first-order valence-corrected chi connectivity index (χ1v) is 3.76. The molecule has 0 aliphatic carbocycles. The van der Waals surface area contributed by atoms with Crippen molar-refractivity contribution in [1.29, 1.82) is 5.26 Å². The van der Waals surface area contributed by atoms with E-state index in [0.717, 1.165) is 5.01 Å². The van der Waals surface area contributed by atoms with E-state index in [2.05, 4.69) is 10.3 Å². The van der Waals surface area contributed by atoms with Gasteiger partial charge < -0.3 is 5.32 Å². The maximum Gasteiger partial charge on any atom is 0.177 e. The number of nitrogens with one attached hydrogen (secondary N) is 1. The fourth-order valence-electron chi connectivity index (χ4n) is 0.607. The van der Waals surface area contributed by atoms with Gasteiger partial charge in [0.15, 0.2) is 6.19 Å². The Morgan fingerprint density at radius 2 is 2.70 bits per heavy atom. The van der Waals surface area contributed by atoms with E-state index >= 15 is 0 Å². The molecule has 1 rings (SSSR count). The molecule has 0 fully saturated rings. The molecule has 0 saturated heterocycles. The van der Waals surface area contributed by atoms with E-state index in [1.165, 1.54) is 0 Å². The van der Waals surface area contributed by atoms with Crippen LogP contribution in [0, 0.1) is 11.5 Å². The summed E-state index contributed by atoms with van der Waals surface area (Å²) in [5.74, 6) is 0. The van der Waals surface area contributed by atoms with Crippen LogP contribution in [-0.4, -0.2) is 4.98 Å². The third-order valence-electron chi connectivity index (χ3n) is 1.10. The van der Waals surface area contributed by atoms with Crippen LogP contribution in [0.3, 0.4) is 0 Å². The third-order valence-corrected chi connectivity index (χ3v) is 2.06. The van der Waals surface area contributed by atoms with Crippen LogP contribution in [0.1, 0.15) is 18.0 Å². The number of aromatic nitrogens is 1. The molecule has 1 unspecified atom stereocenters. The largest absolute Gasteiger partial charge is 0.314 e. The summed E-state index contributed by atoms with van der Waals surface area (Å²) in [6, 6.07) is 0.0463. The average Bonchev–Trinajstić information content (AvgIpc) is 2.38. The van der Waals surface area contributed by atoms with Gasteiger partial charge in [-0.2, -0.15) is 5.26 Å². The Labute approximate surface area is 63.3 Å². The van der Waals surface area contributed by atoms with Gasteiger partial charge >= 0.3 is 0 Å². The summed E-state index contributed by atoms with van der Waals surface area (Å²) in [5.41, 5.74) is 0. The Kier molecular flexibility index (Phi) is 2.24. The van der Waals surface area contributed by atoms with E-state index in [9.17, 15) is 0 Å². The summed E-state index contributed by atoms with van der Waals surface area (Å²) in [7, 11) is 0. The first-order chi connectivity index (χ1) is 4.84. The monoisotopic (exact) mass is 153 g/mol. The molecular formula is C6H7N3S. The SMILES string of the molecule is CC(NC#N)c1nccs1. The molecule has 0 radical (unpaired) electrons. The first kappa shape index (κ1) is 7.03. The lowest BCUT2D eigenvalue weighted by Crippen LogP contribution is -2.10. The van der Waals surface area contributed by atoms with E-state index in [1.54, 1.807) is 17.5 Å². The van der Waals surface area contributed by atoms with Crippen LogP contribution in [0.5, 0.6) is 0 Å². The van der Waals surface area contributed by atoms with E-state index in [-0.39, 0.29) is 6.04 Å². The Morgan fingerprint density at radius 1 is 1.90 bits per heavy atom. The van der Waals surface area contributed by atoms with Crippen molar-refractivity contribution >= 4 is 11.3 Å². The summed E-state index contributed by atoms with van der Waals surface area (Å²) in [4.78, 5) is 4.04. The van der Waals surface area contributed by atoms with Gasteiger partial charge in [0.05, 0.1) is 6.04 Å². The number of rotatable bonds is 2. The maximum absolute atomic E-state index is 8.25. The normalized spacial score (nSPS) is 12.0. The molecule has 1 aromatic heterocycles. The van der Waals surface area contributed by atoms with E-state index < -0.39 is 0 Å². The van der Waals surface area contributed by atoms with Crippen molar-refractivity contribution < 1.29 is 0 Å². The van der Waals surface area contributed by atoms with Crippen LogP contribution in [0.4, 0.5) is 0 Å². The van der Waals surface area contributed by atoms with Crippen molar-refractivity contribution in [1.82, 2.24) is 10.3 Å². The molecule has 1 atom stereocenters. The van der Waals surface area contributed by atoms with Crippen molar-refractivity contribution in [3.8, 4) is 6.19 Å². The fourth-order valence-corrected chi connectivity index (χ4v) is 1.25. The Morgan fingerprint density at radius 3 is 3.20 bits per heavy atom. The van der Waals surface area contributed by atoms with Gasteiger partial charge in [-0.05, 0) is 6.92 Å². The predicted octanol–water partition coefficient (Wildman–Crippen LogP) is 1.27. The smallest absolute Gasteiger partial charge is 0.177 e. The number of nitrogens with zero attached hydrogens (tertiary/aromatic N) is 2. The van der Waals surface area contributed by atoms with E-state index in [0.29, 0.717) is 0 Å². The molecule has 0 amide bonds. The molecule has 1 aromatic rings. The minimum Gasteiger partial charge on any atom is -0.314 e. The minimum atomic E-state index is 0.0463. The highest BCUT2D eigenvalue weighted by Crippen LogP contribution is 2.13. The van der Waals surface area contributed by atoms with Gasteiger partial charge in [-0.3, -0.25) is 0 Å². The summed E-state index contributed by atoms with van der Waals surface area (Å²) >= 11 is 1.55. The summed E-state index contributed by atoms with van der Waals surface area (Å²) < 4.78 is 0. The molecule has 1 N–H and O–H groups in total. The topological polar surface area (TPSA) is 48.7 Å². The molecule has 4 heteroatoms. The van der Waals surface area contributed by atoms with Gasteiger partial charge in [0, 0.05) is 11.6 Å². The number of hydrogen-bond acceptors (Lipinski definition) is 4. The zero-order valence-corrected chi connectivity index (χ0v) is 6.35. The van der Waals surface area contributed by atoms with Crippen LogP contribution in [0.15, 0.2) is 11.6 Å². The van der Waals surface area contributed by atoms with Crippen LogP contribution >= 0.6 is 11.3 Å². The van der Waals surface area contributed by atoms with Crippen molar-refractivity contribution in [3.05, 3.63) is 16.6 Å². The second kappa shape index (κ2) is 3.18. The molecule has 0 aromatic carbocycles. The predicted molar refractivity (Wildman–Crippen MR) is 39.3 cm³/mol. The lowest BCUT2D eigenvalue weighted by molar-refractivity contribution is 0.691. The zero-order valence-electron chi connectivity index (χ0n) is 5.53. The molecule has 0 saturated carbocycles. The summed E-state index contributed by atoms with van der Waals surface area (Å²) in [6.07, 6.45) is 3.60. The maximum atomic E-state index is 8.25. The molecular weight excluding hydrogens is 146 g/mol. The second-order valence-corrected chi connectivity index (χ2v) is 2.77. The standard InChI is InChI=1S/C6H7N3S/c1-5(9-4-7)6-8-2-3-10-6/h2-3,5,9H,1H3. The highest BCUT2D eigenvalue weighted by molar-refractivity contribution is 7.09. The third kappa shape index (κ3) is 1.45. The average molecular weight is 153 g/mol. The molecule has 0 aliphatic rings. The summed E-state index contributed by atoms with van der Waals surface area (Å²) in [5, 5.41) is 13.7. The minimum absolute atomic E-state index is 0.0463. The highest BCUT2D eigenvalue weighted by Gasteiger charge is 2.04. The van der Waals surface area contributed by atoms with Gasteiger partial charge in [0.25, 0.3) is 0 Å². The lowest BCUT2D eigenvalue weighted by Gasteiger charge is -2.02. The fraction of sp³-hybridized carbons (Fsp3) is 0.333. The first-order valence-electron chi connectivity index (χ1n) is 2.88. The number of thiazole rings is 1. The Balaban J connectivity index is 2.61. The quantitative estimate of drug-likeness (QED) is 0.514. The molecule has 3 nitrogen and oxygen atoms in total. The van der Waals surface area contributed by atoms with Crippen molar-refractivity contribution in [2.45, 2.75) is 13.0 Å². The van der Waals surface area contributed by atoms with Crippen molar-refractivity contribution in [3.63, 3.8) is 0 Å². The zero-order chi connectivity index (χ0) is 7.40. The highest BCUT2D eigenvalue weighted by atomic mass is 32.1. The van der Waals surface area contributed by atoms with E-state index in [1.807, 2.05) is 18.5 Å². The Bertz CT molecular complexity index is 224. The molecule has 0 bridgehead atoms. The molecule has 10 heavy (non-hydrogen) atoms. The molecule has 52 valence electrons. The Hall–Kier alpha value is -1.08. The molecule has 1 heterocycles. The van der Waals surface area contributed by atoms with E-state index in [4.69, 9.17) is 5.26 Å². The van der Waals surface area contributed by atoms with Crippen LogP contribution in [0.2, 0.25) is 0 Å². The van der Waals surface area contributed by atoms with Crippen LogP contribution in [0.25, 0.3) is 0 Å². The van der Waals surface area contributed by atoms with Crippen LogP contribution in [-0.2, 0) is 0 Å². The van der Waals surface area contributed by atoms with Gasteiger partial charge in [-0.1, -0.05) is 0 Å². The van der Waals surface area contributed by atoms with Crippen molar-refractivity contribution in [2.24, 2.45) is 0 Å².